The van der Waals surface area contributed by atoms with E-state index in [2.05, 4.69) is 38.2 Å². The minimum absolute atomic E-state index is 0.184. The maximum atomic E-state index is 12.7. The molecule has 0 radical (unpaired) electrons. The van der Waals surface area contributed by atoms with Gasteiger partial charge in [-0.3, -0.25) is 4.79 Å². The molecule has 1 aliphatic rings. The number of carbonyl (C=O) groups excluding carboxylic acids is 1. The molecular formula is C20H32N2O. The van der Waals surface area contributed by atoms with Gasteiger partial charge in [0.1, 0.15) is 0 Å². The van der Waals surface area contributed by atoms with E-state index in [-0.39, 0.29) is 11.8 Å². The third kappa shape index (κ3) is 4.81. The molecule has 3 unspecified atom stereocenters. The predicted octanol–water partition coefficient (Wildman–Crippen LogP) is 3.51. The van der Waals surface area contributed by atoms with Crippen molar-refractivity contribution in [3.63, 3.8) is 0 Å². The van der Waals surface area contributed by atoms with Crippen molar-refractivity contribution < 1.29 is 4.79 Å². The lowest BCUT2D eigenvalue weighted by Gasteiger charge is -2.36. The van der Waals surface area contributed by atoms with Gasteiger partial charge in [0.15, 0.2) is 0 Å². The van der Waals surface area contributed by atoms with Crippen molar-refractivity contribution in [2.24, 2.45) is 29.4 Å². The second-order valence-corrected chi connectivity index (χ2v) is 7.45. The van der Waals surface area contributed by atoms with Crippen LogP contribution in [-0.4, -0.2) is 12.5 Å². The zero-order chi connectivity index (χ0) is 16.8. The Kier molecular flexibility index (Phi) is 6.64. The Morgan fingerprint density at radius 1 is 1.26 bits per heavy atom. The zero-order valence-electron chi connectivity index (χ0n) is 14.8. The average molecular weight is 316 g/mol. The van der Waals surface area contributed by atoms with Crippen LogP contribution in [0.3, 0.4) is 0 Å². The van der Waals surface area contributed by atoms with E-state index in [9.17, 15) is 4.79 Å². The molecule has 1 aromatic carbocycles. The second-order valence-electron chi connectivity index (χ2n) is 7.45. The summed E-state index contributed by atoms with van der Waals surface area (Å²) in [6, 6.07) is 8.22. The molecule has 3 heteroatoms. The monoisotopic (exact) mass is 316 g/mol. The van der Waals surface area contributed by atoms with Gasteiger partial charge in [-0.2, -0.15) is 0 Å². The SMILES string of the molecule is CC1CCC(C(C)C)C(C(=O)NCCc2ccccc2CN)C1. The fourth-order valence-corrected chi connectivity index (χ4v) is 3.96. The van der Waals surface area contributed by atoms with Gasteiger partial charge in [-0.05, 0) is 48.1 Å². The van der Waals surface area contributed by atoms with Crippen LogP contribution in [0, 0.1) is 23.7 Å². The summed E-state index contributed by atoms with van der Waals surface area (Å²) in [5.41, 5.74) is 8.20. The van der Waals surface area contributed by atoms with Crippen LogP contribution >= 0.6 is 0 Å². The number of rotatable bonds is 6. The Morgan fingerprint density at radius 3 is 2.61 bits per heavy atom. The molecule has 128 valence electrons. The highest BCUT2D eigenvalue weighted by atomic mass is 16.1. The first kappa shape index (κ1) is 18.0. The summed E-state index contributed by atoms with van der Waals surface area (Å²) in [4.78, 5) is 12.7. The molecule has 0 spiro atoms. The number of carbonyl (C=O) groups is 1. The number of nitrogens with one attached hydrogen (secondary N) is 1. The van der Waals surface area contributed by atoms with E-state index in [1.54, 1.807) is 0 Å². The molecule has 0 saturated heterocycles. The quantitative estimate of drug-likeness (QED) is 0.844. The second kappa shape index (κ2) is 8.49. The summed E-state index contributed by atoms with van der Waals surface area (Å²) in [5.74, 6) is 2.21. The maximum Gasteiger partial charge on any atom is 0.223 e. The molecule has 3 atom stereocenters. The van der Waals surface area contributed by atoms with Crippen molar-refractivity contribution in [2.75, 3.05) is 6.54 Å². The van der Waals surface area contributed by atoms with E-state index >= 15 is 0 Å². The highest BCUT2D eigenvalue weighted by Gasteiger charge is 2.35. The van der Waals surface area contributed by atoms with Gasteiger partial charge in [-0.25, -0.2) is 0 Å². The Morgan fingerprint density at radius 2 is 1.96 bits per heavy atom. The Balaban J connectivity index is 1.90. The van der Waals surface area contributed by atoms with Crippen LogP contribution in [-0.2, 0) is 17.8 Å². The summed E-state index contributed by atoms with van der Waals surface area (Å²) in [6.07, 6.45) is 4.34. The van der Waals surface area contributed by atoms with Gasteiger partial charge in [0.2, 0.25) is 5.91 Å². The van der Waals surface area contributed by atoms with Gasteiger partial charge in [0.05, 0.1) is 0 Å². The number of nitrogens with two attached hydrogens (primary N) is 1. The lowest BCUT2D eigenvalue weighted by Crippen LogP contribution is -2.40. The van der Waals surface area contributed by atoms with Crippen molar-refractivity contribution in [1.82, 2.24) is 5.32 Å². The van der Waals surface area contributed by atoms with Gasteiger partial charge in [-0.15, -0.1) is 0 Å². The fraction of sp³-hybridized carbons (Fsp3) is 0.650. The van der Waals surface area contributed by atoms with E-state index in [4.69, 9.17) is 5.73 Å². The first-order chi connectivity index (χ1) is 11.0. The van der Waals surface area contributed by atoms with E-state index in [0.717, 1.165) is 12.8 Å². The fourth-order valence-electron chi connectivity index (χ4n) is 3.96. The molecule has 23 heavy (non-hydrogen) atoms. The highest BCUT2D eigenvalue weighted by Crippen LogP contribution is 2.38. The van der Waals surface area contributed by atoms with Gasteiger partial charge >= 0.3 is 0 Å². The van der Waals surface area contributed by atoms with Crippen molar-refractivity contribution in [3.05, 3.63) is 35.4 Å². The van der Waals surface area contributed by atoms with E-state index in [1.807, 2.05) is 12.1 Å². The Bertz CT molecular complexity index is 512. The summed E-state index contributed by atoms with van der Waals surface area (Å²) in [7, 11) is 0. The molecule has 0 aliphatic heterocycles. The molecule has 0 bridgehead atoms. The molecule has 0 aromatic heterocycles. The lowest BCUT2D eigenvalue weighted by atomic mass is 9.70. The van der Waals surface area contributed by atoms with E-state index < -0.39 is 0 Å². The minimum Gasteiger partial charge on any atom is -0.356 e. The highest BCUT2D eigenvalue weighted by molar-refractivity contribution is 5.79. The topological polar surface area (TPSA) is 55.1 Å². The number of hydrogen-bond acceptors (Lipinski definition) is 2. The van der Waals surface area contributed by atoms with Crippen molar-refractivity contribution in [3.8, 4) is 0 Å². The third-order valence-corrected chi connectivity index (χ3v) is 5.39. The standard InChI is InChI=1S/C20H32N2O/c1-14(2)18-9-8-15(3)12-19(18)20(23)22-11-10-16-6-4-5-7-17(16)13-21/h4-7,14-15,18-19H,8-13,21H2,1-3H3,(H,22,23). The van der Waals surface area contributed by atoms with Gasteiger partial charge < -0.3 is 11.1 Å². The zero-order valence-corrected chi connectivity index (χ0v) is 14.8. The normalized spacial score (nSPS) is 24.7. The van der Waals surface area contributed by atoms with Crippen LogP contribution in [0.15, 0.2) is 24.3 Å². The van der Waals surface area contributed by atoms with Crippen LogP contribution in [0.4, 0.5) is 0 Å². The number of hydrogen-bond donors (Lipinski definition) is 2. The van der Waals surface area contributed by atoms with Gasteiger partial charge in [-0.1, -0.05) is 51.5 Å². The maximum absolute atomic E-state index is 12.7. The molecule has 1 saturated carbocycles. The molecular weight excluding hydrogens is 284 g/mol. The summed E-state index contributed by atoms with van der Waals surface area (Å²) >= 11 is 0. The van der Waals surface area contributed by atoms with Gasteiger partial charge in [0, 0.05) is 19.0 Å². The first-order valence-corrected chi connectivity index (χ1v) is 9.07. The number of amides is 1. The Labute approximate surface area is 141 Å². The van der Waals surface area contributed by atoms with Crippen molar-refractivity contribution in [2.45, 2.75) is 53.0 Å². The minimum atomic E-state index is 0.184. The van der Waals surface area contributed by atoms with Crippen molar-refractivity contribution in [1.29, 1.82) is 0 Å². The molecule has 1 fully saturated rings. The first-order valence-electron chi connectivity index (χ1n) is 9.07. The molecule has 1 amide bonds. The smallest absolute Gasteiger partial charge is 0.223 e. The van der Waals surface area contributed by atoms with Crippen LogP contribution < -0.4 is 11.1 Å². The summed E-state index contributed by atoms with van der Waals surface area (Å²) in [6.45, 7) is 8.02. The summed E-state index contributed by atoms with van der Waals surface area (Å²) in [5, 5.41) is 3.18. The molecule has 3 nitrogen and oxygen atoms in total. The van der Waals surface area contributed by atoms with Crippen LogP contribution in [0.2, 0.25) is 0 Å². The number of benzene rings is 1. The van der Waals surface area contributed by atoms with Crippen LogP contribution in [0.25, 0.3) is 0 Å². The molecule has 1 aromatic rings. The molecule has 3 N–H and O–H groups in total. The largest absolute Gasteiger partial charge is 0.356 e. The molecule has 2 rings (SSSR count). The third-order valence-electron chi connectivity index (χ3n) is 5.39. The Hall–Kier alpha value is -1.35. The molecule has 1 aliphatic carbocycles. The summed E-state index contributed by atoms with van der Waals surface area (Å²) < 4.78 is 0. The predicted molar refractivity (Wildman–Crippen MR) is 95.9 cm³/mol. The van der Waals surface area contributed by atoms with E-state index in [1.165, 1.54) is 24.0 Å². The van der Waals surface area contributed by atoms with E-state index in [0.29, 0.717) is 30.8 Å². The lowest BCUT2D eigenvalue weighted by molar-refractivity contribution is -0.129. The average Bonchev–Trinajstić information content (AvgIpc) is 2.54. The molecule has 0 heterocycles. The van der Waals surface area contributed by atoms with Crippen LogP contribution in [0.1, 0.15) is 51.2 Å². The van der Waals surface area contributed by atoms with Crippen LogP contribution in [0.5, 0.6) is 0 Å². The van der Waals surface area contributed by atoms with Gasteiger partial charge in [0.25, 0.3) is 0 Å². The van der Waals surface area contributed by atoms with Crippen molar-refractivity contribution >= 4 is 5.91 Å².